The first-order valence-electron chi connectivity index (χ1n) is 7.13. The number of hydrogen-bond acceptors (Lipinski definition) is 5. The van der Waals surface area contributed by atoms with E-state index >= 15 is 0 Å². The number of carbonyl (C=O) groups is 2. The van der Waals surface area contributed by atoms with E-state index in [0.717, 1.165) is 12.8 Å². The van der Waals surface area contributed by atoms with Gasteiger partial charge in [0.05, 0.1) is 0 Å². The number of nitrogens with zero attached hydrogens (tertiary/aromatic N) is 3. The van der Waals surface area contributed by atoms with Crippen molar-refractivity contribution in [3.05, 3.63) is 11.6 Å². The predicted octanol–water partition coefficient (Wildman–Crippen LogP) is -0.266. The van der Waals surface area contributed by atoms with Gasteiger partial charge in [0.15, 0.2) is 0 Å². The molecule has 1 aromatic heterocycles. The zero-order chi connectivity index (χ0) is 15.2. The van der Waals surface area contributed by atoms with Crippen LogP contribution >= 0.6 is 0 Å². The molecule has 0 spiro atoms. The highest BCUT2D eigenvalue weighted by atomic mass is 16.5. The number of H-pyrrole nitrogens is 1. The lowest BCUT2D eigenvalue weighted by atomic mass is 10.0. The lowest BCUT2D eigenvalue weighted by Crippen LogP contribution is -2.47. The molecule has 0 bridgehead atoms. The Morgan fingerprint density at radius 1 is 1.43 bits per heavy atom. The molecular weight excluding hydrogens is 274 g/mol. The van der Waals surface area contributed by atoms with Crippen LogP contribution in [-0.2, 0) is 16.0 Å². The van der Waals surface area contributed by atoms with Gasteiger partial charge in [-0.25, -0.2) is 4.98 Å². The van der Waals surface area contributed by atoms with Crippen LogP contribution in [0.1, 0.15) is 36.2 Å². The maximum absolute atomic E-state index is 12.0. The van der Waals surface area contributed by atoms with E-state index < -0.39 is 0 Å². The summed E-state index contributed by atoms with van der Waals surface area (Å²) >= 11 is 0. The summed E-state index contributed by atoms with van der Waals surface area (Å²) in [6, 6.07) is 0.0488. The summed E-state index contributed by atoms with van der Waals surface area (Å²) in [5.41, 5.74) is 0. The summed E-state index contributed by atoms with van der Waals surface area (Å²) in [5.74, 6) is 0.585. The van der Waals surface area contributed by atoms with Crippen molar-refractivity contribution < 1.29 is 14.3 Å². The number of aromatic amines is 1. The summed E-state index contributed by atoms with van der Waals surface area (Å²) in [6.45, 7) is 3.30. The number of likely N-dealkylation sites (tertiary alicyclic amines) is 1. The Morgan fingerprint density at radius 3 is 2.71 bits per heavy atom. The van der Waals surface area contributed by atoms with Crippen molar-refractivity contribution in [2.45, 2.75) is 32.2 Å². The molecule has 116 valence electrons. The summed E-state index contributed by atoms with van der Waals surface area (Å²) in [4.78, 5) is 29.5. The number of rotatable bonds is 5. The van der Waals surface area contributed by atoms with Gasteiger partial charge in [0.25, 0.3) is 5.91 Å². The van der Waals surface area contributed by atoms with Crippen LogP contribution in [0, 0.1) is 0 Å². The molecule has 8 nitrogen and oxygen atoms in total. The van der Waals surface area contributed by atoms with Gasteiger partial charge in [-0.05, 0) is 12.8 Å². The number of ether oxygens (including phenoxy) is 1. The Labute approximate surface area is 123 Å². The molecule has 0 unspecified atom stereocenters. The largest absolute Gasteiger partial charge is 0.375 e. The van der Waals surface area contributed by atoms with Gasteiger partial charge in [0, 0.05) is 32.7 Å². The number of methoxy groups -OCH3 is 1. The smallest absolute Gasteiger partial charge is 0.291 e. The quantitative estimate of drug-likeness (QED) is 0.779. The number of aryl methyl sites for hydroxylation is 1. The van der Waals surface area contributed by atoms with E-state index in [1.54, 1.807) is 4.90 Å². The van der Waals surface area contributed by atoms with Crippen LogP contribution in [0.2, 0.25) is 0 Å². The first-order valence-corrected chi connectivity index (χ1v) is 7.13. The van der Waals surface area contributed by atoms with Crippen LogP contribution in [0.5, 0.6) is 0 Å². The lowest BCUT2D eigenvalue weighted by Gasteiger charge is -2.32. The van der Waals surface area contributed by atoms with Crippen LogP contribution in [0.15, 0.2) is 0 Å². The van der Waals surface area contributed by atoms with Gasteiger partial charge in [0.2, 0.25) is 11.7 Å². The molecule has 2 amide bonds. The monoisotopic (exact) mass is 295 g/mol. The van der Waals surface area contributed by atoms with Crippen LogP contribution < -0.4 is 5.32 Å². The molecule has 2 N–H and O–H groups in total. The molecule has 2 rings (SSSR count). The second-order valence-corrected chi connectivity index (χ2v) is 5.02. The molecule has 0 aliphatic carbocycles. The molecule has 0 radical (unpaired) electrons. The highest BCUT2D eigenvalue weighted by Gasteiger charge is 2.24. The highest BCUT2D eigenvalue weighted by Crippen LogP contribution is 2.11. The number of nitrogens with one attached hydrogen (secondary N) is 2. The van der Waals surface area contributed by atoms with Gasteiger partial charge >= 0.3 is 0 Å². The van der Waals surface area contributed by atoms with Crippen molar-refractivity contribution in [3.8, 4) is 0 Å². The minimum atomic E-state index is -0.271. The second kappa shape index (κ2) is 7.16. The Hall–Kier alpha value is -1.96. The summed E-state index contributed by atoms with van der Waals surface area (Å²) < 4.78 is 4.84. The molecule has 0 saturated carbocycles. The van der Waals surface area contributed by atoms with E-state index in [1.807, 2.05) is 6.92 Å². The zero-order valence-electron chi connectivity index (χ0n) is 12.4. The van der Waals surface area contributed by atoms with Gasteiger partial charge in [-0.1, -0.05) is 6.92 Å². The zero-order valence-corrected chi connectivity index (χ0v) is 12.4. The Bertz CT molecular complexity index is 494. The number of carbonyl (C=O) groups excluding carboxylic acids is 2. The van der Waals surface area contributed by atoms with Crippen molar-refractivity contribution in [1.82, 2.24) is 25.4 Å². The van der Waals surface area contributed by atoms with E-state index in [9.17, 15) is 9.59 Å². The van der Waals surface area contributed by atoms with Gasteiger partial charge < -0.3 is 15.0 Å². The molecule has 0 atom stereocenters. The molecule has 1 fully saturated rings. The molecular formula is C13H21N5O3. The van der Waals surface area contributed by atoms with E-state index in [2.05, 4.69) is 20.5 Å². The van der Waals surface area contributed by atoms with E-state index in [1.165, 1.54) is 7.11 Å². The minimum absolute atomic E-state index is 0.0103. The summed E-state index contributed by atoms with van der Waals surface area (Å²) in [6.07, 6.45) is 2.17. The number of hydrogen-bond donors (Lipinski definition) is 2. The maximum atomic E-state index is 12.0. The van der Waals surface area contributed by atoms with E-state index in [0.29, 0.717) is 25.3 Å². The van der Waals surface area contributed by atoms with Gasteiger partial charge in [-0.15, -0.1) is 5.10 Å². The maximum Gasteiger partial charge on any atom is 0.291 e. The van der Waals surface area contributed by atoms with Crippen molar-refractivity contribution in [1.29, 1.82) is 0 Å². The van der Waals surface area contributed by atoms with Crippen molar-refractivity contribution >= 4 is 11.8 Å². The summed E-state index contributed by atoms with van der Waals surface area (Å²) in [7, 11) is 1.51. The molecule has 1 aliphatic rings. The highest BCUT2D eigenvalue weighted by molar-refractivity contribution is 5.90. The average Bonchev–Trinajstić information content (AvgIpc) is 2.97. The van der Waals surface area contributed by atoms with Crippen molar-refractivity contribution in [3.63, 3.8) is 0 Å². The number of piperidine rings is 1. The third-order valence-corrected chi connectivity index (χ3v) is 3.52. The van der Waals surface area contributed by atoms with Crippen LogP contribution in [0.4, 0.5) is 0 Å². The first kappa shape index (κ1) is 15.4. The second-order valence-electron chi connectivity index (χ2n) is 5.02. The molecule has 21 heavy (non-hydrogen) atoms. The lowest BCUT2D eigenvalue weighted by molar-refractivity contribution is -0.136. The molecule has 0 aromatic carbocycles. The minimum Gasteiger partial charge on any atom is -0.375 e. The molecule has 1 aromatic rings. The Kier molecular flexibility index (Phi) is 5.26. The standard InChI is InChI=1S/C13H21N5O3/c1-3-10-15-12(17-16-10)13(20)14-9-4-6-18(7-5-9)11(19)8-21-2/h9H,3-8H2,1-2H3,(H,14,20)(H,15,16,17). The van der Waals surface area contributed by atoms with Gasteiger partial charge in [-0.2, -0.15) is 0 Å². The fraction of sp³-hybridized carbons (Fsp3) is 0.692. The van der Waals surface area contributed by atoms with Gasteiger partial charge in [-0.3, -0.25) is 14.7 Å². The van der Waals surface area contributed by atoms with E-state index in [4.69, 9.17) is 4.74 Å². The average molecular weight is 295 g/mol. The Balaban J connectivity index is 1.80. The fourth-order valence-electron chi connectivity index (χ4n) is 2.29. The first-order chi connectivity index (χ1) is 10.1. The third kappa shape index (κ3) is 4.01. The van der Waals surface area contributed by atoms with E-state index in [-0.39, 0.29) is 30.3 Å². The molecule has 1 aliphatic heterocycles. The molecule has 1 saturated heterocycles. The topological polar surface area (TPSA) is 100 Å². The number of amides is 2. The van der Waals surface area contributed by atoms with Crippen LogP contribution in [0.3, 0.4) is 0 Å². The summed E-state index contributed by atoms with van der Waals surface area (Å²) in [5, 5.41) is 9.52. The third-order valence-electron chi connectivity index (χ3n) is 3.52. The normalized spacial score (nSPS) is 16.0. The van der Waals surface area contributed by atoms with Crippen molar-refractivity contribution in [2.24, 2.45) is 0 Å². The van der Waals surface area contributed by atoms with Crippen LogP contribution in [0.25, 0.3) is 0 Å². The Morgan fingerprint density at radius 2 is 2.14 bits per heavy atom. The SMILES string of the molecule is CCc1nc(C(=O)NC2CCN(C(=O)COC)CC2)n[nH]1. The fourth-order valence-corrected chi connectivity index (χ4v) is 2.29. The predicted molar refractivity (Wildman–Crippen MR) is 74.7 cm³/mol. The molecule has 8 heteroatoms. The van der Waals surface area contributed by atoms with Crippen LogP contribution in [-0.4, -0.2) is 64.7 Å². The molecule has 2 heterocycles. The van der Waals surface area contributed by atoms with Gasteiger partial charge in [0.1, 0.15) is 12.4 Å². The van der Waals surface area contributed by atoms with Crippen molar-refractivity contribution in [2.75, 3.05) is 26.8 Å². The number of aromatic nitrogens is 3.